The average molecular weight is 437 g/mol. The van der Waals surface area contributed by atoms with E-state index in [1.54, 1.807) is 36.4 Å². The van der Waals surface area contributed by atoms with E-state index in [9.17, 15) is 18.8 Å². The minimum absolute atomic E-state index is 0.190. The molecule has 0 atom stereocenters. The Morgan fingerprint density at radius 1 is 1.00 bits per heavy atom. The van der Waals surface area contributed by atoms with Crippen LogP contribution in [-0.4, -0.2) is 60.4 Å². The predicted molar refractivity (Wildman–Crippen MR) is 117 cm³/mol. The summed E-state index contributed by atoms with van der Waals surface area (Å²) >= 11 is 0. The highest BCUT2D eigenvalue weighted by atomic mass is 19.1. The lowest BCUT2D eigenvalue weighted by atomic mass is 10.0. The highest BCUT2D eigenvalue weighted by molar-refractivity contribution is 6.35. The van der Waals surface area contributed by atoms with Crippen molar-refractivity contribution < 1.29 is 23.5 Å². The van der Waals surface area contributed by atoms with Crippen molar-refractivity contribution in [2.45, 2.75) is 13.3 Å². The third kappa shape index (κ3) is 4.55. The molecule has 0 aliphatic carbocycles. The van der Waals surface area contributed by atoms with Gasteiger partial charge in [0, 0.05) is 32.2 Å². The Labute approximate surface area is 185 Å². The molecule has 8 heteroatoms. The average Bonchev–Trinajstić information content (AvgIpc) is 3.04. The van der Waals surface area contributed by atoms with Gasteiger partial charge >= 0.3 is 0 Å². The monoisotopic (exact) mass is 437 g/mol. The molecule has 2 aromatic rings. The highest BCUT2D eigenvalue weighted by Crippen LogP contribution is 2.32. The molecule has 7 nitrogen and oxygen atoms in total. The predicted octanol–water partition coefficient (Wildman–Crippen LogP) is 2.44. The second-order valence-corrected chi connectivity index (χ2v) is 7.72. The topological polar surface area (TPSA) is 79.0 Å². The van der Waals surface area contributed by atoms with Crippen molar-refractivity contribution >= 4 is 29.0 Å². The van der Waals surface area contributed by atoms with Gasteiger partial charge in [-0.1, -0.05) is 24.3 Å². The fourth-order valence-electron chi connectivity index (χ4n) is 3.92. The van der Waals surface area contributed by atoms with Gasteiger partial charge < -0.3 is 15.0 Å². The van der Waals surface area contributed by atoms with Crippen LogP contribution in [0.2, 0.25) is 0 Å². The molecule has 1 saturated heterocycles. The van der Waals surface area contributed by atoms with Crippen LogP contribution >= 0.6 is 0 Å². The molecule has 2 heterocycles. The van der Waals surface area contributed by atoms with Gasteiger partial charge in [-0.3, -0.25) is 19.3 Å². The molecule has 0 aromatic heterocycles. The number of halogens is 1. The maximum Gasteiger partial charge on any atom is 0.277 e. The summed E-state index contributed by atoms with van der Waals surface area (Å²) in [6.45, 7) is 3.63. The van der Waals surface area contributed by atoms with Crippen LogP contribution in [0.1, 0.15) is 18.1 Å². The van der Waals surface area contributed by atoms with Gasteiger partial charge in [0.05, 0.1) is 18.8 Å². The number of amides is 3. The number of carbonyl (C=O) groups is 3. The van der Waals surface area contributed by atoms with Gasteiger partial charge in [0.1, 0.15) is 11.5 Å². The van der Waals surface area contributed by atoms with Gasteiger partial charge in [-0.05, 0) is 41.8 Å². The lowest BCUT2D eigenvalue weighted by Crippen LogP contribution is -2.40. The van der Waals surface area contributed by atoms with Crippen LogP contribution in [0.3, 0.4) is 0 Å². The second kappa shape index (κ2) is 9.32. The van der Waals surface area contributed by atoms with Crippen molar-refractivity contribution in [1.29, 1.82) is 0 Å². The maximum absolute atomic E-state index is 13.4. The van der Waals surface area contributed by atoms with E-state index in [0.717, 1.165) is 5.56 Å². The quantitative estimate of drug-likeness (QED) is 0.703. The van der Waals surface area contributed by atoms with E-state index >= 15 is 0 Å². The molecule has 1 N–H and O–H groups in total. The first kappa shape index (κ1) is 21.7. The van der Waals surface area contributed by atoms with Crippen molar-refractivity contribution in [2.24, 2.45) is 0 Å². The Bertz CT molecular complexity index is 1060. The fourth-order valence-corrected chi connectivity index (χ4v) is 3.92. The molecule has 4 rings (SSSR count). The van der Waals surface area contributed by atoms with E-state index in [0.29, 0.717) is 55.2 Å². The van der Waals surface area contributed by atoms with Crippen LogP contribution in [0.5, 0.6) is 0 Å². The fraction of sp³-hybridized carbons (Fsp3) is 0.292. The molecule has 0 spiro atoms. The van der Waals surface area contributed by atoms with Gasteiger partial charge in [-0.15, -0.1) is 0 Å². The lowest BCUT2D eigenvalue weighted by Gasteiger charge is -2.29. The summed E-state index contributed by atoms with van der Waals surface area (Å²) in [6, 6.07) is 12.9. The third-order valence-corrected chi connectivity index (χ3v) is 5.50. The zero-order chi connectivity index (χ0) is 22.7. The van der Waals surface area contributed by atoms with E-state index in [1.165, 1.54) is 24.0 Å². The van der Waals surface area contributed by atoms with Gasteiger partial charge in [0.25, 0.3) is 11.8 Å². The molecular formula is C24H24FN3O4. The first-order valence-electron chi connectivity index (χ1n) is 10.5. The van der Waals surface area contributed by atoms with Crippen molar-refractivity contribution in [3.05, 3.63) is 71.2 Å². The van der Waals surface area contributed by atoms with E-state index in [2.05, 4.69) is 5.32 Å². The normalized spacial score (nSPS) is 16.7. The van der Waals surface area contributed by atoms with Crippen LogP contribution in [0, 0.1) is 5.82 Å². The number of anilines is 1. The van der Waals surface area contributed by atoms with E-state index in [4.69, 9.17) is 4.74 Å². The number of ether oxygens (including phenoxy) is 1. The van der Waals surface area contributed by atoms with Gasteiger partial charge in [0.2, 0.25) is 5.91 Å². The third-order valence-electron chi connectivity index (χ3n) is 5.50. The molecule has 1 fully saturated rings. The minimum Gasteiger partial charge on any atom is -0.378 e. The molecule has 0 unspecified atom stereocenters. The molecule has 166 valence electrons. The SMILES string of the molecule is CC(=O)Nc1ccc(C2=C(N3CCOCC3)C(=O)N(CCc3ccc(F)cc3)C2=O)cc1. The molecule has 2 aliphatic rings. The molecule has 2 aliphatic heterocycles. The van der Waals surface area contributed by atoms with Gasteiger partial charge in [0.15, 0.2) is 0 Å². The molecule has 2 aromatic carbocycles. The number of carbonyl (C=O) groups excluding carboxylic acids is 3. The molecule has 3 amide bonds. The van der Waals surface area contributed by atoms with Crippen LogP contribution < -0.4 is 5.32 Å². The zero-order valence-corrected chi connectivity index (χ0v) is 17.8. The van der Waals surface area contributed by atoms with Crippen molar-refractivity contribution in [1.82, 2.24) is 9.80 Å². The molecule has 0 saturated carbocycles. The smallest absolute Gasteiger partial charge is 0.277 e. The molecule has 0 radical (unpaired) electrons. The van der Waals surface area contributed by atoms with Crippen molar-refractivity contribution in [3.8, 4) is 0 Å². The van der Waals surface area contributed by atoms with E-state index in [1.807, 2.05) is 4.90 Å². The standard InChI is InChI=1S/C24H24FN3O4/c1-16(29)26-20-8-4-18(5-9-20)21-22(27-12-14-32-15-13-27)24(31)28(23(21)30)11-10-17-2-6-19(25)7-3-17/h2-9H,10-15H2,1H3,(H,26,29). The second-order valence-electron chi connectivity index (χ2n) is 7.72. The Hall–Kier alpha value is -3.52. The summed E-state index contributed by atoms with van der Waals surface area (Å²) in [6.07, 6.45) is 0.433. The number of hydrogen-bond donors (Lipinski definition) is 1. The minimum atomic E-state index is -0.356. The van der Waals surface area contributed by atoms with Gasteiger partial charge in [-0.25, -0.2) is 4.39 Å². The molecule has 32 heavy (non-hydrogen) atoms. The van der Waals surface area contributed by atoms with E-state index < -0.39 is 0 Å². The highest BCUT2D eigenvalue weighted by Gasteiger charge is 2.41. The summed E-state index contributed by atoms with van der Waals surface area (Å²) in [7, 11) is 0. The number of imide groups is 1. The number of hydrogen-bond acceptors (Lipinski definition) is 5. The number of rotatable bonds is 6. The Kier molecular flexibility index (Phi) is 6.32. The summed E-state index contributed by atoms with van der Waals surface area (Å²) < 4.78 is 18.6. The number of nitrogens with one attached hydrogen (secondary N) is 1. The number of nitrogens with zero attached hydrogens (tertiary/aromatic N) is 2. The first-order chi connectivity index (χ1) is 15.4. The lowest BCUT2D eigenvalue weighted by molar-refractivity contribution is -0.137. The van der Waals surface area contributed by atoms with E-state index in [-0.39, 0.29) is 30.1 Å². The van der Waals surface area contributed by atoms with Crippen molar-refractivity contribution in [3.63, 3.8) is 0 Å². The largest absolute Gasteiger partial charge is 0.378 e. The van der Waals surface area contributed by atoms with Crippen molar-refractivity contribution in [2.75, 3.05) is 38.2 Å². The number of morpholine rings is 1. The Balaban J connectivity index is 1.62. The Morgan fingerprint density at radius 3 is 2.28 bits per heavy atom. The summed E-state index contributed by atoms with van der Waals surface area (Å²) in [5.74, 6) is -1.21. The van der Waals surface area contributed by atoms with Crippen LogP contribution in [-0.2, 0) is 25.5 Å². The summed E-state index contributed by atoms with van der Waals surface area (Å²) in [5.41, 5.74) is 2.80. The molecule has 0 bridgehead atoms. The van der Waals surface area contributed by atoms with Crippen LogP contribution in [0.15, 0.2) is 54.2 Å². The van der Waals surface area contributed by atoms with Gasteiger partial charge in [-0.2, -0.15) is 0 Å². The Morgan fingerprint density at radius 2 is 1.66 bits per heavy atom. The maximum atomic E-state index is 13.4. The summed E-state index contributed by atoms with van der Waals surface area (Å²) in [4.78, 5) is 41.2. The summed E-state index contributed by atoms with van der Waals surface area (Å²) in [5, 5.41) is 2.70. The first-order valence-corrected chi connectivity index (χ1v) is 10.5. The van der Waals surface area contributed by atoms with Crippen LogP contribution in [0.25, 0.3) is 5.57 Å². The number of benzene rings is 2. The van der Waals surface area contributed by atoms with Crippen LogP contribution in [0.4, 0.5) is 10.1 Å². The molecular weight excluding hydrogens is 413 g/mol. The zero-order valence-electron chi connectivity index (χ0n) is 17.8.